The maximum absolute atomic E-state index is 12.8. The molecule has 1 atom stereocenters. The monoisotopic (exact) mass is 548 g/mol. The Kier molecular flexibility index (Phi) is 10.6. The van der Waals surface area contributed by atoms with E-state index in [1.54, 1.807) is 32.9 Å². The number of ether oxygens (including phenoxy) is 4. The van der Waals surface area contributed by atoms with Gasteiger partial charge in [-0.1, -0.05) is 12.1 Å². The first-order valence-corrected chi connectivity index (χ1v) is 12.8. The van der Waals surface area contributed by atoms with Crippen LogP contribution in [0.4, 0.5) is 9.59 Å². The Hall–Kier alpha value is -3.71. The molecule has 0 spiro atoms. The van der Waals surface area contributed by atoms with Gasteiger partial charge < -0.3 is 34.5 Å². The number of carbonyl (C=O) groups is 5. The van der Waals surface area contributed by atoms with Gasteiger partial charge in [0.2, 0.25) is 11.8 Å². The van der Waals surface area contributed by atoms with E-state index >= 15 is 0 Å². The second kappa shape index (κ2) is 13.9. The molecule has 1 saturated heterocycles. The standard InChI is InChI=1S/C26H36N4O9/c1-26(2,3)39-25(35)27-8-9-36-10-11-37-12-13-38-24(34)28-15-17-4-5-19-18(14-17)16-30(23(19)33)20-6-7-21(31)29-22(20)32/h4-5,14,20H,6-13,15-16H2,1-3H3,(H,27,35)(H,28,34)(H,29,31,32). The van der Waals surface area contributed by atoms with Crippen LogP contribution in [0.5, 0.6) is 0 Å². The fourth-order valence-electron chi connectivity index (χ4n) is 4.02. The molecule has 13 nitrogen and oxygen atoms in total. The van der Waals surface area contributed by atoms with E-state index in [1.807, 2.05) is 6.07 Å². The minimum atomic E-state index is -0.672. The van der Waals surface area contributed by atoms with Gasteiger partial charge in [-0.3, -0.25) is 19.7 Å². The third-order valence-electron chi connectivity index (χ3n) is 5.77. The van der Waals surface area contributed by atoms with Crippen molar-refractivity contribution in [3.63, 3.8) is 0 Å². The Morgan fingerprint density at radius 3 is 2.44 bits per heavy atom. The number of hydrogen-bond acceptors (Lipinski definition) is 9. The molecule has 3 N–H and O–H groups in total. The number of piperidine rings is 1. The highest BCUT2D eigenvalue weighted by molar-refractivity contribution is 6.05. The van der Waals surface area contributed by atoms with E-state index in [0.29, 0.717) is 38.3 Å². The summed E-state index contributed by atoms with van der Waals surface area (Å²) in [6, 6.07) is 4.55. The minimum Gasteiger partial charge on any atom is -0.447 e. The maximum atomic E-state index is 12.8. The average molecular weight is 549 g/mol. The minimum absolute atomic E-state index is 0.0611. The lowest BCUT2D eigenvalue weighted by atomic mass is 10.0. The molecule has 3 rings (SSSR count). The number of alkyl carbamates (subject to hydrolysis) is 2. The van der Waals surface area contributed by atoms with Crippen molar-refractivity contribution in [3.8, 4) is 0 Å². The molecule has 1 unspecified atom stereocenters. The van der Waals surface area contributed by atoms with Gasteiger partial charge in [-0.15, -0.1) is 0 Å². The SMILES string of the molecule is CC(C)(C)OC(=O)NCCOCCOCCOC(=O)NCc1ccc2c(c1)CN(C1CCC(=O)NC1=O)C2=O. The molecule has 0 aromatic heterocycles. The first-order chi connectivity index (χ1) is 18.5. The van der Waals surface area contributed by atoms with E-state index < -0.39 is 29.7 Å². The van der Waals surface area contributed by atoms with E-state index in [0.717, 1.165) is 11.1 Å². The highest BCUT2D eigenvalue weighted by Crippen LogP contribution is 2.28. The van der Waals surface area contributed by atoms with Gasteiger partial charge in [0.1, 0.15) is 18.2 Å². The lowest BCUT2D eigenvalue weighted by Crippen LogP contribution is -2.52. The topological polar surface area (TPSA) is 162 Å². The van der Waals surface area contributed by atoms with Crippen molar-refractivity contribution in [1.29, 1.82) is 0 Å². The second-order valence-electron chi connectivity index (χ2n) is 10.0. The Balaban J connectivity index is 1.25. The van der Waals surface area contributed by atoms with Gasteiger partial charge >= 0.3 is 12.2 Å². The number of rotatable bonds is 12. The van der Waals surface area contributed by atoms with E-state index in [4.69, 9.17) is 18.9 Å². The zero-order chi connectivity index (χ0) is 28.4. The third kappa shape index (κ3) is 9.52. The van der Waals surface area contributed by atoms with Gasteiger partial charge in [0.05, 0.1) is 26.4 Å². The molecule has 2 heterocycles. The average Bonchev–Trinajstić information content (AvgIpc) is 3.18. The van der Waals surface area contributed by atoms with Crippen LogP contribution in [0.2, 0.25) is 0 Å². The van der Waals surface area contributed by atoms with Crippen molar-refractivity contribution >= 4 is 29.9 Å². The summed E-state index contributed by atoms with van der Waals surface area (Å²) >= 11 is 0. The molecule has 1 fully saturated rings. The van der Waals surface area contributed by atoms with Crippen LogP contribution in [-0.4, -0.2) is 86.0 Å². The first-order valence-electron chi connectivity index (χ1n) is 12.8. The van der Waals surface area contributed by atoms with Crippen LogP contribution in [0.1, 0.15) is 55.1 Å². The quantitative estimate of drug-likeness (QED) is 0.258. The number of hydrogen-bond donors (Lipinski definition) is 3. The van der Waals surface area contributed by atoms with Crippen LogP contribution in [-0.2, 0) is 41.6 Å². The van der Waals surface area contributed by atoms with Crippen molar-refractivity contribution in [2.24, 2.45) is 0 Å². The lowest BCUT2D eigenvalue weighted by Gasteiger charge is -2.29. The Morgan fingerprint density at radius 2 is 1.72 bits per heavy atom. The van der Waals surface area contributed by atoms with E-state index in [2.05, 4.69) is 16.0 Å². The van der Waals surface area contributed by atoms with Gasteiger partial charge in [0.15, 0.2) is 0 Å². The number of fused-ring (bicyclic) bond motifs is 1. The van der Waals surface area contributed by atoms with Crippen molar-refractivity contribution < 1.29 is 42.9 Å². The molecule has 0 saturated carbocycles. The second-order valence-corrected chi connectivity index (χ2v) is 10.0. The molecule has 0 radical (unpaired) electrons. The molecule has 5 amide bonds. The highest BCUT2D eigenvalue weighted by Gasteiger charge is 2.39. The normalized spacial score (nSPS) is 16.9. The van der Waals surface area contributed by atoms with Crippen LogP contribution in [0, 0.1) is 0 Å². The van der Waals surface area contributed by atoms with Crippen LogP contribution >= 0.6 is 0 Å². The third-order valence-corrected chi connectivity index (χ3v) is 5.77. The summed E-state index contributed by atoms with van der Waals surface area (Å²) in [6.45, 7) is 7.34. The molecule has 1 aromatic rings. The van der Waals surface area contributed by atoms with E-state index in [-0.39, 0.29) is 44.5 Å². The molecule has 1 aromatic carbocycles. The van der Waals surface area contributed by atoms with E-state index in [9.17, 15) is 24.0 Å². The molecule has 2 aliphatic rings. The van der Waals surface area contributed by atoms with Crippen LogP contribution in [0.25, 0.3) is 0 Å². The predicted octanol–water partition coefficient (Wildman–Crippen LogP) is 1.23. The lowest BCUT2D eigenvalue weighted by molar-refractivity contribution is -0.136. The van der Waals surface area contributed by atoms with Crippen LogP contribution in [0.3, 0.4) is 0 Å². The molecule has 214 valence electrons. The van der Waals surface area contributed by atoms with Gasteiger partial charge in [0, 0.05) is 31.6 Å². The Labute approximate surface area is 226 Å². The van der Waals surface area contributed by atoms with Crippen molar-refractivity contribution in [1.82, 2.24) is 20.9 Å². The number of benzene rings is 1. The van der Waals surface area contributed by atoms with Gasteiger partial charge in [0.25, 0.3) is 5.91 Å². The summed E-state index contributed by atoms with van der Waals surface area (Å²) in [6.07, 6.45) is -0.610. The van der Waals surface area contributed by atoms with Gasteiger partial charge in [-0.05, 0) is 44.4 Å². The Bertz CT molecular complexity index is 1070. The number of imide groups is 1. The summed E-state index contributed by atoms with van der Waals surface area (Å²) in [5, 5.41) is 7.52. The molecular formula is C26H36N4O9. The van der Waals surface area contributed by atoms with Crippen LogP contribution in [0.15, 0.2) is 18.2 Å². The molecule has 39 heavy (non-hydrogen) atoms. The summed E-state index contributed by atoms with van der Waals surface area (Å²) < 4.78 is 20.9. The summed E-state index contributed by atoms with van der Waals surface area (Å²) in [4.78, 5) is 61.3. The van der Waals surface area contributed by atoms with Crippen molar-refractivity contribution in [2.45, 2.75) is 58.3 Å². The molecule has 2 aliphatic heterocycles. The summed E-state index contributed by atoms with van der Waals surface area (Å²) in [5.41, 5.74) is 1.49. The van der Waals surface area contributed by atoms with Crippen LogP contribution < -0.4 is 16.0 Å². The summed E-state index contributed by atoms with van der Waals surface area (Å²) in [5.74, 6) is -1.04. The van der Waals surface area contributed by atoms with Crippen molar-refractivity contribution in [2.75, 3.05) is 39.6 Å². The maximum Gasteiger partial charge on any atom is 0.407 e. The fraction of sp³-hybridized carbons (Fsp3) is 0.577. The zero-order valence-electron chi connectivity index (χ0n) is 22.5. The fourth-order valence-corrected chi connectivity index (χ4v) is 4.02. The molecule has 0 aliphatic carbocycles. The summed E-state index contributed by atoms with van der Waals surface area (Å²) in [7, 11) is 0. The number of nitrogens with zero attached hydrogens (tertiary/aromatic N) is 1. The largest absolute Gasteiger partial charge is 0.447 e. The molecule has 13 heteroatoms. The number of nitrogens with one attached hydrogen (secondary N) is 3. The number of amides is 5. The first kappa shape index (κ1) is 29.8. The molecule has 0 bridgehead atoms. The smallest absolute Gasteiger partial charge is 0.407 e. The van der Waals surface area contributed by atoms with Crippen molar-refractivity contribution in [3.05, 3.63) is 34.9 Å². The van der Waals surface area contributed by atoms with E-state index in [1.165, 1.54) is 4.90 Å². The predicted molar refractivity (Wildman–Crippen MR) is 137 cm³/mol. The molecular weight excluding hydrogens is 512 g/mol. The van der Waals surface area contributed by atoms with Gasteiger partial charge in [-0.25, -0.2) is 9.59 Å². The van der Waals surface area contributed by atoms with Gasteiger partial charge in [-0.2, -0.15) is 0 Å². The zero-order valence-corrected chi connectivity index (χ0v) is 22.5. The number of carbonyl (C=O) groups excluding carboxylic acids is 5. The Morgan fingerprint density at radius 1 is 1.00 bits per heavy atom. The highest BCUT2D eigenvalue weighted by atomic mass is 16.6.